The lowest BCUT2D eigenvalue weighted by molar-refractivity contribution is -0.122. The third-order valence-corrected chi connectivity index (χ3v) is 5.25. The van der Waals surface area contributed by atoms with Crippen LogP contribution in [0.4, 0.5) is 10.1 Å². The normalized spacial score (nSPS) is 13.7. The van der Waals surface area contributed by atoms with Gasteiger partial charge in [-0.05, 0) is 43.2 Å². The van der Waals surface area contributed by atoms with Crippen LogP contribution in [0.1, 0.15) is 31.9 Å². The lowest BCUT2D eigenvalue weighted by Crippen LogP contribution is -2.49. The fraction of sp³-hybridized carbons (Fsp3) is 0.316. The van der Waals surface area contributed by atoms with Crippen LogP contribution in [0.25, 0.3) is 0 Å². The number of benzene rings is 2. The molecule has 0 spiro atoms. The molecule has 26 heavy (non-hydrogen) atoms. The van der Waals surface area contributed by atoms with Gasteiger partial charge in [0.05, 0.1) is 18.0 Å². The van der Waals surface area contributed by atoms with Crippen molar-refractivity contribution in [1.29, 1.82) is 0 Å². The van der Waals surface area contributed by atoms with Crippen molar-refractivity contribution in [2.75, 3.05) is 10.6 Å². The number of anilines is 1. The quantitative estimate of drug-likeness (QED) is 0.804. The van der Waals surface area contributed by atoms with Gasteiger partial charge in [0.1, 0.15) is 11.9 Å². The summed E-state index contributed by atoms with van der Waals surface area (Å²) in [6.07, 6.45) is 1.39. The minimum absolute atomic E-state index is 0.309. The Hall–Kier alpha value is -2.41. The first kappa shape index (κ1) is 19.9. The van der Waals surface area contributed by atoms with E-state index in [1.807, 2.05) is 0 Å². The molecule has 0 aliphatic heterocycles. The van der Waals surface area contributed by atoms with E-state index in [1.165, 1.54) is 12.1 Å². The number of carbonyl (C=O) groups excluding carboxylic acids is 1. The molecule has 0 heterocycles. The first-order valence-electron chi connectivity index (χ1n) is 8.34. The Morgan fingerprint density at radius 1 is 1.12 bits per heavy atom. The smallest absolute Gasteiger partial charge is 0.244 e. The lowest BCUT2D eigenvalue weighted by Gasteiger charge is -2.31. The van der Waals surface area contributed by atoms with Crippen molar-refractivity contribution in [3.8, 4) is 0 Å². The van der Waals surface area contributed by atoms with Crippen molar-refractivity contribution in [2.24, 2.45) is 0 Å². The molecule has 0 radical (unpaired) electrons. The molecule has 0 bridgehead atoms. The number of hydrogen-bond acceptors (Lipinski definition) is 3. The van der Waals surface area contributed by atoms with Gasteiger partial charge in [0.2, 0.25) is 15.9 Å². The topological polar surface area (TPSA) is 66.5 Å². The third-order valence-electron chi connectivity index (χ3n) is 4.07. The summed E-state index contributed by atoms with van der Waals surface area (Å²) in [6.45, 7) is 3.53. The van der Waals surface area contributed by atoms with Crippen molar-refractivity contribution in [1.82, 2.24) is 5.32 Å². The summed E-state index contributed by atoms with van der Waals surface area (Å²) in [7, 11) is -3.66. The number of hydrogen-bond donors (Lipinski definition) is 1. The van der Waals surface area contributed by atoms with Crippen LogP contribution >= 0.6 is 0 Å². The highest BCUT2D eigenvalue weighted by Gasteiger charge is 2.32. The number of para-hydroxylation sites is 1. The Labute approximate surface area is 153 Å². The summed E-state index contributed by atoms with van der Waals surface area (Å²) in [5.41, 5.74) is 1.17. The number of nitrogens with zero attached hydrogens (tertiary/aromatic N) is 1. The van der Waals surface area contributed by atoms with E-state index in [-0.39, 0.29) is 11.9 Å². The zero-order valence-corrected chi connectivity index (χ0v) is 15.8. The van der Waals surface area contributed by atoms with Gasteiger partial charge in [-0.25, -0.2) is 12.8 Å². The number of rotatable bonds is 7. The monoisotopic (exact) mass is 378 g/mol. The second kappa shape index (κ2) is 8.31. The molecule has 0 saturated carbocycles. The maximum absolute atomic E-state index is 13.1. The highest BCUT2D eigenvalue weighted by atomic mass is 32.2. The van der Waals surface area contributed by atoms with E-state index < -0.39 is 22.0 Å². The lowest BCUT2D eigenvalue weighted by atomic mass is 10.1. The van der Waals surface area contributed by atoms with Crippen LogP contribution in [-0.2, 0) is 14.8 Å². The number of halogens is 1. The Morgan fingerprint density at radius 2 is 1.69 bits per heavy atom. The zero-order valence-electron chi connectivity index (χ0n) is 15.0. The predicted molar refractivity (Wildman–Crippen MR) is 101 cm³/mol. The fourth-order valence-electron chi connectivity index (χ4n) is 2.78. The minimum atomic E-state index is -3.66. The van der Waals surface area contributed by atoms with E-state index in [9.17, 15) is 17.6 Å². The Bertz CT molecular complexity index is 839. The number of amides is 1. The van der Waals surface area contributed by atoms with E-state index >= 15 is 0 Å². The molecule has 0 aromatic heterocycles. The van der Waals surface area contributed by atoms with Crippen LogP contribution < -0.4 is 9.62 Å². The fourth-order valence-corrected chi connectivity index (χ4v) is 3.99. The Balaban J connectivity index is 2.26. The van der Waals surface area contributed by atoms with Gasteiger partial charge in [0, 0.05) is 0 Å². The van der Waals surface area contributed by atoms with Crippen molar-refractivity contribution >= 4 is 21.6 Å². The minimum Gasteiger partial charge on any atom is -0.348 e. The average molecular weight is 378 g/mol. The highest BCUT2D eigenvalue weighted by Crippen LogP contribution is 2.23. The highest BCUT2D eigenvalue weighted by molar-refractivity contribution is 7.92. The second-order valence-electron chi connectivity index (χ2n) is 6.10. The summed E-state index contributed by atoms with van der Waals surface area (Å²) in [5, 5.41) is 2.82. The molecule has 0 fully saturated rings. The van der Waals surface area contributed by atoms with Gasteiger partial charge in [0.15, 0.2) is 0 Å². The van der Waals surface area contributed by atoms with Crippen LogP contribution in [-0.4, -0.2) is 26.6 Å². The molecule has 1 N–H and O–H groups in total. The van der Waals surface area contributed by atoms with E-state index in [0.29, 0.717) is 12.1 Å². The van der Waals surface area contributed by atoms with Gasteiger partial charge in [-0.15, -0.1) is 0 Å². The largest absolute Gasteiger partial charge is 0.348 e. The molecule has 140 valence electrons. The molecule has 2 aromatic carbocycles. The summed E-state index contributed by atoms with van der Waals surface area (Å²) in [4.78, 5) is 12.8. The molecule has 0 unspecified atom stereocenters. The number of sulfonamides is 1. The Morgan fingerprint density at radius 3 is 2.19 bits per heavy atom. The Kier molecular flexibility index (Phi) is 6.37. The van der Waals surface area contributed by atoms with E-state index in [0.717, 1.165) is 16.1 Å². The number of carbonyl (C=O) groups is 1. The van der Waals surface area contributed by atoms with Gasteiger partial charge >= 0.3 is 0 Å². The first-order chi connectivity index (χ1) is 12.2. The summed E-state index contributed by atoms with van der Waals surface area (Å²) in [5.74, 6) is -0.760. The van der Waals surface area contributed by atoms with Crippen molar-refractivity contribution in [2.45, 2.75) is 32.4 Å². The molecule has 1 amide bonds. The SMILES string of the molecule is CC[C@@H](C(=O)N[C@H](C)c1ccc(F)cc1)N(c1ccccc1)S(C)(=O)=O. The summed E-state index contributed by atoms with van der Waals surface area (Å²) >= 11 is 0. The summed E-state index contributed by atoms with van der Waals surface area (Å²) < 4.78 is 38.9. The van der Waals surface area contributed by atoms with Crippen LogP contribution in [0.15, 0.2) is 54.6 Å². The molecule has 2 atom stereocenters. The van der Waals surface area contributed by atoms with Crippen LogP contribution in [0.2, 0.25) is 0 Å². The molecule has 0 aliphatic carbocycles. The van der Waals surface area contributed by atoms with Gasteiger partial charge in [-0.3, -0.25) is 9.10 Å². The van der Waals surface area contributed by atoms with Crippen molar-refractivity contribution in [3.63, 3.8) is 0 Å². The predicted octanol–water partition coefficient (Wildman–Crippen LogP) is 3.25. The van der Waals surface area contributed by atoms with Crippen LogP contribution in [0.3, 0.4) is 0 Å². The molecular weight excluding hydrogens is 355 g/mol. The van der Waals surface area contributed by atoms with Crippen LogP contribution in [0.5, 0.6) is 0 Å². The number of nitrogens with one attached hydrogen (secondary N) is 1. The zero-order chi connectivity index (χ0) is 19.3. The van der Waals surface area contributed by atoms with Gasteiger partial charge < -0.3 is 5.32 Å². The van der Waals surface area contributed by atoms with Gasteiger partial charge in [0.25, 0.3) is 0 Å². The molecule has 0 saturated heterocycles. The molecule has 0 aliphatic rings. The molecule has 5 nitrogen and oxygen atoms in total. The standard InChI is InChI=1S/C19H23FN2O3S/c1-4-18(22(26(3,24)25)17-8-6-5-7-9-17)19(23)21-14(2)15-10-12-16(20)13-11-15/h5-14,18H,4H2,1-3H3,(H,21,23)/t14-,18+/m1/s1. The molecule has 2 aromatic rings. The van der Waals surface area contributed by atoms with Crippen molar-refractivity contribution in [3.05, 3.63) is 66.0 Å². The molecular formula is C19H23FN2O3S. The van der Waals surface area contributed by atoms with Gasteiger partial charge in [-0.2, -0.15) is 0 Å². The molecule has 2 rings (SSSR count). The maximum atomic E-state index is 13.1. The first-order valence-corrected chi connectivity index (χ1v) is 10.2. The van der Waals surface area contributed by atoms with E-state index in [4.69, 9.17) is 0 Å². The average Bonchev–Trinajstić information content (AvgIpc) is 2.59. The van der Waals surface area contributed by atoms with Crippen molar-refractivity contribution < 1.29 is 17.6 Å². The molecule has 7 heteroatoms. The van der Waals surface area contributed by atoms with E-state index in [1.54, 1.807) is 56.3 Å². The summed E-state index contributed by atoms with van der Waals surface area (Å²) in [6, 6.07) is 13.1. The maximum Gasteiger partial charge on any atom is 0.244 e. The second-order valence-corrected chi connectivity index (χ2v) is 7.96. The van der Waals surface area contributed by atoms with Crippen LogP contribution in [0, 0.1) is 5.82 Å². The van der Waals surface area contributed by atoms with E-state index in [2.05, 4.69) is 5.32 Å². The third kappa shape index (κ3) is 4.82. The van der Waals surface area contributed by atoms with Gasteiger partial charge in [-0.1, -0.05) is 37.3 Å².